The van der Waals surface area contributed by atoms with Crippen molar-refractivity contribution in [2.75, 3.05) is 5.32 Å². The maximum Gasteiger partial charge on any atom is 0.408 e. The predicted molar refractivity (Wildman–Crippen MR) is 96.2 cm³/mol. The van der Waals surface area contributed by atoms with E-state index in [9.17, 15) is 9.59 Å². The zero-order chi connectivity index (χ0) is 18.7. The summed E-state index contributed by atoms with van der Waals surface area (Å²) in [6.45, 7) is 5.29. The molecule has 2 amide bonds. The van der Waals surface area contributed by atoms with Crippen LogP contribution >= 0.6 is 0 Å². The highest BCUT2D eigenvalue weighted by molar-refractivity contribution is 5.98. The SMILES string of the molecule is CC(C)(C)OC(=O)N[C@H]1Cc2cc(Oc3ccccc3)cnc2NC1=O. The molecule has 0 fully saturated rings. The standard InChI is InChI=1S/C19H21N3O4/c1-19(2,3)26-18(24)21-15-10-12-9-14(11-20-16(12)22-17(15)23)25-13-7-5-4-6-8-13/h4-9,11,15H,10H2,1-3H3,(H,21,24)(H,20,22,23)/t15-/m0/s1. The number of ether oxygens (including phenoxy) is 2. The summed E-state index contributed by atoms with van der Waals surface area (Å²) >= 11 is 0. The van der Waals surface area contributed by atoms with E-state index in [1.54, 1.807) is 33.0 Å². The fourth-order valence-corrected chi connectivity index (χ4v) is 2.52. The molecule has 0 aliphatic carbocycles. The first-order valence-corrected chi connectivity index (χ1v) is 8.32. The van der Waals surface area contributed by atoms with Gasteiger partial charge < -0.3 is 20.1 Å². The molecule has 0 spiro atoms. The molecule has 2 heterocycles. The number of alkyl carbamates (subject to hydrolysis) is 1. The van der Waals surface area contributed by atoms with Crippen LogP contribution in [0, 0.1) is 0 Å². The average molecular weight is 355 g/mol. The van der Waals surface area contributed by atoms with Gasteiger partial charge in [-0.2, -0.15) is 0 Å². The van der Waals surface area contributed by atoms with E-state index in [0.717, 1.165) is 5.56 Å². The summed E-state index contributed by atoms with van der Waals surface area (Å²) in [6.07, 6.45) is 1.22. The Labute approximate surface area is 151 Å². The van der Waals surface area contributed by atoms with Gasteiger partial charge >= 0.3 is 6.09 Å². The van der Waals surface area contributed by atoms with E-state index in [-0.39, 0.29) is 5.91 Å². The Morgan fingerprint density at radius 3 is 2.65 bits per heavy atom. The lowest BCUT2D eigenvalue weighted by Crippen LogP contribution is -2.49. The molecule has 7 heteroatoms. The lowest BCUT2D eigenvalue weighted by Gasteiger charge is -2.26. The summed E-state index contributed by atoms with van der Waals surface area (Å²) in [5.41, 5.74) is 0.143. The van der Waals surface area contributed by atoms with Gasteiger partial charge in [0.2, 0.25) is 5.91 Å². The second kappa shape index (κ2) is 7.03. The van der Waals surface area contributed by atoms with E-state index in [1.807, 2.05) is 30.3 Å². The van der Waals surface area contributed by atoms with Crippen LogP contribution in [0.15, 0.2) is 42.6 Å². The molecule has 1 aliphatic rings. The van der Waals surface area contributed by atoms with Gasteiger partial charge in [-0.1, -0.05) is 18.2 Å². The summed E-state index contributed by atoms with van der Waals surface area (Å²) in [5, 5.41) is 5.29. The smallest absolute Gasteiger partial charge is 0.408 e. The molecule has 1 aromatic carbocycles. The number of carbonyl (C=O) groups is 2. The van der Waals surface area contributed by atoms with Crippen LogP contribution in [0.5, 0.6) is 11.5 Å². The normalized spacial score (nSPS) is 16.3. The summed E-state index contributed by atoms with van der Waals surface area (Å²) in [4.78, 5) is 28.4. The van der Waals surface area contributed by atoms with E-state index < -0.39 is 17.7 Å². The Hall–Kier alpha value is -3.09. The monoisotopic (exact) mass is 355 g/mol. The average Bonchev–Trinajstić information content (AvgIpc) is 2.55. The number of para-hydroxylation sites is 1. The van der Waals surface area contributed by atoms with Crippen molar-refractivity contribution < 1.29 is 19.1 Å². The van der Waals surface area contributed by atoms with Gasteiger partial charge in [0, 0.05) is 12.0 Å². The summed E-state index contributed by atoms with van der Waals surface area (Å²) < 4.78 is 11.0. The van der Waals surface area contributed by atoms with Crippen molar-refractivity contribution in [1.82, 2.24) is 10.3 Å². The molecule has 2 N–H and O–H groups in total. The van der Waals surface area contributed by atoms with Gasteiger partial charge in [-0.25, -0.2) is 9.78 Å². The van der Waals surface area contributed by atoms with E-state index in [0.29, 0.717) is 23.7 Å². The largest absolute Gasteiger partial charge is 0.456 e. The van der Waals surface area contributed by atoms with Gasteiger partial charge in [-0.15, -0.1) is 0 Å². The first-order valence-electron chi connectivity index (χ1n) is 8.32. The third-order valence-electron chi connectivity index (χ3n) is 3.59. The number of nitrogens with one attached hydrogen (secondary N) is 2. The maximum atomic E-state index is 12.2. The lowest BCUT2D eigenvalue weighted by molar-refractivity contribution is -0.118. The molecule has 26 heavy (non-hydrogen) atoms. The number of anilines is 1. The quantitative estimate of drug-likeness (QED) is 0.882. The van der Waals surface area contributed by atoms with Crippen LogP contribution in [0.2, 0.25) is 0 Å². The zero-order valence-electron chi connectivity index (χ0n) is 14.9. The number of carbonyl (C=O) groups excluding carboxylic acids is 2. The number of hydrogen-bond donors (Lipinski definition) is 2. The third-order valence-corrected chi connectivity index (χ3v) is 3.59. The van der Waals surface area contributed by atoms with Gasteiger partial charge in [-0.3, -0.25) is 4.79 Å². The molecule has 3 rings (SSSR count). The molecule has 7 nitrogen and oxygen atoms in total. The Morgan fingerprint density at radius 1 is 1.23 bits per heavy atom. The maximum absolute atomic E-state index is 12.2. The number of amides is 2. The molecule has 0 saturated carbocycles. The van der Waals surface area contributed by atoms with Gasteiger partial charge in [-0.05, 0) is 39.0 Å². The second-order valence-corrected chi connectivity index (χ2v) is 6.99. The van der Waals surface area contributed by atoms with E-state index in [1.165, 1.54) is 0 Å². The minimum absolute atomic E-state index is 0.305. The van der Waals surface area contributed by atoms with Crippen LogP contribution in [-0.2, 0) is 16.0 Å². The van der Waals surface area contributed by atoms with Crippen molar-refractivity contribution in [3.63, 3.8) is 0 Å². The highest BCUT2D eigenvalue weighted by Crippen LogP contribution is 2.27. The molecule has 0 unspecified atom stereocenters. The molecule has 1 aliphatic heterocycles. The van der Waals surface area contributed by atoms with Crippen molar-refractivity contribution in [1.29, 1.82) is 0 Å². The van der Waals surface area contributed by atoms with Gasteiger partial charge in [0.05, 0.1) is 6.20 Å². The van der Waals surface area contributed by atoms with Crippen LogP contribution in [0.25, 0.3) is 0 Å². The molecule has 2 aromatic rings. The zero-order valence-corrected chi connectivity index (χ0v) is 14.9. The van der Waals surface area contributed by atoms with Crippen molar-refractivity contribution in [2.45, 2.75) is 38.8 Å². The number of rotatable bonds is 3. The van der Waals surface area contributed by atoms with Crippen LogP contribution < -0.4 is 15.4 Å². The van der Waals surface area contributed by atoms with Gasteiger partial charge in [0.15, 0.2) is 0 Å². The van der Waals surface area contributed by atoms with E-state index in [2.05, 4.69) is 15.6 Å². The van der Waals surface area contributed by atoms with E-state index >= 15 is 0 Å². The summed E-state index contributed by atoms with van der Waals surface area (Å²) in [7, 11) is 0. The molecule has 0 saturated heterocycles. The minimum Gasteiger partial charge on any atom is -0.456 e. The first kappa shape index (κ1) is 17.7. The van der Waals surface area contributed by atoms with Crippen LogP contribution in [0.4, 0.5) is 10.6 Å². The Morgan fingerprint density at radius 2 is 1.96 bits per heavy atom. The van der Waals surface area contributed by atoms with Crippen molar-refractivity contribution in [3.05, 3.63) is 48.2 Å². The van der Waals surface area contributed by atoms with Crippen LogP contribution in [-0.4, -0.2) is 28.6 Å². The van der Waals surface area contributed by atoms with Crippen molar-refractivity contribution >= 4 is 17.8 Å². The third kappa shape index (κ3) is 4.50. The molecular formula is C19H21N3O4. The summed E-state index contributed by atoms with van der Waals surface area (Å²) in [6, 6.07) is 10.4. The van der Waals surface area contributed by atoms with Gasteiger partial charge in [0.25, 0.3) is 0 Å². The lowest BCUT2D eigenvalue weighted by atomic mass is 10.0. The fourth-order valence-electron chi connectivity index (χ4n) is 2.52. The van der Waals surface area contributed by atoms with Crippen molar-refractivity contribution in [3.8, 4) is 11.5 Å². The summed E-state index contributed by atoms with van der Waals surface area (Å²) in [5.74, 6) is 1.39. The van der Waals surface area contributed by atoms with E-state index in [4.69, 9.17) is 9.47 Å². The highest BCUT2D eigenvalue weighted by atomic mass is 16.6. The topological polar surface area (TPSA) is 89.6 Å². The van der Waals surface area contributed by atoms with Gasteiger partial charge in [0.1, 0.15) is 29.0 Å². The first-order chi connectivity index (χ1) is 12.3. The minimum atomic E-state index is -0.730. The Balaban J connectivity index is 1.72. The van der Waals surface area contributed by atoms with Crippen LogP contribution in [0.3, 0.4) is 0 Å². The Kier molecular flexibility index (Phi) is 4.79. The molecule has 136 valence electrons. The number of benzene rings is 1. The number of hydrogen-bond acceptors (Lipinski definition) is 5. The molecule has 1 atom stereocenters. The molecule has 0 radical (unpaired) electrons. The number of fused-ring (bicyclic) bond motifs is 1. The number of pyridine rings is 1. The molecule has 0 bridgehead atoms. The molecular weight excluding hydrogens is 334 g/mol. The fraction of sp³-hybridized carbons (Fsp3) is 0.316. The highest BCUT2D eigenvalue weighted by Gasteiger charge is 2.30. The number of aromatic nitrogens is 1. The van der Waals surface area contributed by atoms with Crippen molar-refractivity contribution in [2.24, 2.45) is 0 Å². The van der Waals surface area contributed by atoms with Crippen LogP contribution in [0.1, 0.15) is 26.3 Å². The number of nitrogens with zero attached hydrogens (tertiary/aromatic N) is 1. The second-order valence-electron chi connectivity index (χ2n) is 6.99. The molecule has 1 aromatic heterocycles. The Bertz CT molecular complexity index is 815. The predicted octanol–water partition coefficient (Wildman–Crippen LogP) is 3.26.